The highest BCUT2D eigenvalue weighted by Gasteiger charge is 2.24. The van der Waals surface area contributed by atoms with Crippen LogP contribution in [0, 0.1) is 29.1 Å². The number of benzene rings is 3. The highest BCUT2D eigenvalue weighted by atomic mass is 19.2. The second-order valence-corrected chi connectivity index (χ2v) is 7.47. The fourth-order valence-corrected chi connectivity index (χ4v) is 3.12. The number of hydrogen-bond donors (Lipinski definition) is 0. The molecule has 170 valence electrons. The smallest absolute Gasteiger partial charge is 0.200 e. The first kappa shape index (κ1) is 24.1. The van der Waals surface area contributed by atoms with Crippen molar-refractivity contribution < 1.29 is 26.7 Å². The Morgan fingerprint density at radius 3 is 1.48 bits per heavy atom. The van der Waals surface area contributed by atoms with Crippen LogP contribution in [0.1, 0.15) is 58.8 Å². The van der Waals surface area contributed by atoms with Crippen LogP contribution in [0.5, 0.6) is 0 Å². The van der Waals surface area contributed by atoms with Crippen LogP contribution in [-0.4, -0.2) is 5.78 Å². The highest BCUT2D eigenvalue weighted by molar-refractivity contribution is 5.96. The summed E-state index contributed by atoms with van der Waals surface area (Å²) in [7, 11) is 0. The zero-order chi connectivity index (χ0) is 24.0. The van der Waals surface area contributed by atoms with E-state index in [-0.39, 0.29) is 5.78 Å². The molecule has 0 aliphatic heterocycles. The van der Waals surface area contributed by atoms with E-state index in [0.717, 1.165) is 30.0 Å². The molecular weight excluding hydrogens is 435 g/mol. The number of ketones is 1. The van der Waals surface area contributed by atoms with Crippen molar-refractivity contribution in [2.45, 2.75) is 26.2 Å². The maximum Gasteiger partial charge on any atom is 0.200 e. The largest absolute Gasteiger partial charge is 0.294 e. The number of carbonyl (C=O) groups excluding carboxylic acids is 1. The van der Waals surface area contributed by atoms with Crippen LogP contribution in [0.2, 0.25) is 0 Å². The Kier molecular flexibility index (Phi) is 7.93. The lowest BCUT2D eigenvalue weighted by atomic mass is 10.0. The van der Waals surface area contributed by atoms with Crippen molar-refractivity contribution in [1.82, 2.24) is 0 Å². The van der Waals surface area contributed by atoms with Crippen molar-refractivity contribution in [3.05, 3.63) is 105 Å². The van der Waals surface area contributed by atoms with E-state index in [9.17, 15) is 26.7 Å². The zero-order valence-corrected chi connectivity index (χ0v) is 17.8. The minimum Gasteiger partial charge on any atom is -0.294 e. The SMILES string of the molecule is CCCCC(=O)c1ccc(/C=C/c2ccc(/C=C/c3c(F)c(F)c(F)c(F)c3F)cc2)cc1. The molecule has 0 unspecified atom stereocenters. The van der Waals surface area contributed by atoms with Gasteiger partial charge < -0.3 is 0 Å². The van der Waals surface area contributed by atoms with Gasteiger partial charge in [0.2, 0.25) is 5.82 Å². The molecule has 6 heteroatoms. The molecule has 0 saturated heterocycles. The van der Waals surface area contributed by atoms with Gasteiger partial charge in [-0.25, -0.2) is 22.0 Å². The first-order chi connectivity index (χ1) is 15.8. The topological polar surface area (TPSA) is 17.1 Å². The summed E-state index contributed by atoms with van der Waals surface area (Å²) in [6, 6.07) is 14.1. The number of rotatable bonds is 8. The van der Waals surface area contributed by atoms with E-state index in [1.165, 1.54) is 6.08 Å². The first-order valence-corrected chi connectivity index (χ1v) is 10.4. The van der Waals surface area contributed by atoms with Crippen LogP contribution in [0.4, 0.5) is 22.0 Å². The summed E-state index contributed by atoms with van der Waals surface area (Å²) in [5, 5.41) is 0. The molecule has 0 N–H and O–H groups in total. The third-order valence-corrected chi connectivity index (χ3v) is 5.08. The van der Waals surface area contributed by atoms with Crippen LogP contribution >= 0.6 is 0 Å². The lowest BCUT2D eigenvalue weighted by Crippen LogP contribution is -2.03. The monoisotopic (exact) mass is 456 g/mol. The molecule has 0 saturated carbocycles. The third-order valence-electron chi connectivity index (χ3n) is 5.08. The molecule has 3 aromatic carbocycles. The molecule has 0 amide bonds. The maximum atomic E-state index is 13.8. The first-order valence-electron chi connectivity index (χ1n) is 10.4. The number of hydrogen-bond acceptors (Lipinski definition) is 1. The minimum atomic E-state index is -2.18. The molecular formula is C27H21F5O. The molecule has 33 heavy (non-hydrogen) atoms. The summed E-state index contributed by atoms with van der Waals surface area (Å²) in [5.74, 6) is -9.77. The molecule has 0 bridgehead atoms. The summed E-state index contributed by atoms with van der Waals surface area (Å²) in [5.41, 5.74) is 1.97. The fraction of sp³-hybridized carbons (Fsp3) is 0.148. The van der Waals surface area contributed by atoms with E-state index in [0.29, 0.717) is 17.5 Å². The third kappa shape index (κ3) is 5.83. The predicted octanol–water partition coefficient (Wildman–Crippen LogP) is 8.10. The van der Waals surface area contributed by atoms with Gasteiger partial charge in [0, 0.05) is 12.0 Å². The van der Waals surface area contributed by atoms with Crippen molar-refractivity contribution in [2.75, 3.05) is 0 Å². The van der Waals surface area contributed by atoms with Crippen LogP contribution in [0.25, 0.3) is 24.3 Å². The van der Waals surface area contributed by atoms with E-state index >= 15 is 0 Å². The van der Waals surface area contributed by atoms with Gasteiger partial charge in [0.1, 0.15) is 0 Å². The molecule has 0 fully saturated rings. The Labute approximate surface area is 188 Å². The van der Waals surface area contributed by atoms with Gasteiger partial charge in [-0.05, 0) is 29.2 Å². The van der Waals surface area contributed by atoms with Crippen molar-refractivity contribution in [1.29, 1.82) is 0 Å². The van der Waals surface area contributed by atoms with E-state index in [1.807, 2.05) is 31.2 Å². The van der Waals surface area contributed by atoms with Crippen molar-refractivity contribution in [2.24, 2.45) is 0 Å². The molecule has 0 aliphatic carbocycles. The van der Waals surface area contributed by atoms with E-state index in [2.05, 4.69) is 0 Å². The average molecular weight is 456 g/mol. The number of halogens is 5. The molecule has 3 aromatic rings. The van der Waals surface area contributed by atoms with Gasteiger partial charge in [0.15, 0.2) is 29.1 Å². The Balaban J connectivity index is 1.69. The lowest BCUT2D eigenvalue weighted by Gasteiger charge is -2.04. The highest BCUT2D eigenvalue weighted by Crippen LogP contribution is 2.25. The van der Waals surface area contributed by atoms with Gasteiger partial charge in [0.25, 0.3) is 0 Å². The standard InChI is InChI=1S/C27H21F5O/c1-2-3-4-22(33)20-14-11-19(12-15-20)10-7-17-5-8-18(9-6-17)13-16-21-23(28)25(30)27(32)26(31)24(21)29/h5-16H,2-4H2,1H3/b10-7+,16-13+. The predicted molar refractivity (Wildman–Crippen MR) is 121 cm³/mol. The van der Waals surface area contributed by atoms with Crippen LogP contribution in [-0.2, 0) is 0 Å². The molecule has 1 nitrogen and oxygen atoms in total. The zero-order valence-electron chi connectivity index (χ0n) is 17.8. The molecule has 3 rings (SSSR count). The number of unbranched alkanes of at least 4 members (excludes halogenated alkanes) is 1. The van der Waals surface area contributed by atoms with Gasteiger partial charge in [-0.3, -0.25) is 4.79 Å². The second kappa shape index (κ2) is 10.9. The lowest BCUT2D eigenvalue weighted by molar-refractivity contribution is 0.0979. The van der Waals surface area contributed by atoms with Gasteiger partial charge in [-0.15, -0.1) is 0 Å². The summed E-state index contributed by atoms with van der Waals surface area (Å²) in [4.78, 5) is 12.0. The van der Waals surface area contributed by atoms with E-state index in [1.54, 1.807) is 36.4 Å². The van der Waals surface area contributed by atoms with Crippen molar-refractivity contribution in [3.63, 3.8) is 0 Å². The average Bonchev–Trinajstić information content (AvgIpc) is 2.84. The minimum absolute atomic E-state index is 0.127. The molecule has 0 spiro atoms. The van der Waals surface area contributed by atoms with Crippen molar-refractivity contribution in [3.8, 4) is 0 Å². The van der Waals surface area contributed by atoms with Crippen LogP contribution in [0.15, 0.2) is 48.5 Å². The van der Waals surface area contributed by atoms with Crippen molar-refractivity contribution >= 4 is 30.1 Å². The van der Waals surface area contributed by atoms with E-state index in [4.69, 9.17) is 0 Å². The van der Waals surface area contributed by atoms with Gasteiger partial charge in [-0.1, -0.05) is 80.1 Å². The summed E-state index contributed by atoms with van der Waals surface area (Å²) < 4.78 is 67.2. The van der Waals surface area contributed by atoms with Crippen LogP contribution < -0.4 is 0 Å². The van der Waals surface area contributed by atoms with Gasteiger partial charge in [-0.2, -0.15) is 0 Å². The summed E-state index contributed by atoms with van der Waals surface area (Å²) in [6.07, 6.45) is 8.22. The number of carbonyl (C=O) groups is 1. The van der Waals surface area contributed by atoms with Crippen LogP contribution in [0.3, 0.4) is 0 Å². The Morgan fingerprint density at radius 1 is 0.636 bits per heavy atom. The summed E-state index contributed by atoms with van der Waals surface area (Å²) in [6.45, 7) is 2.04. The Bertz CT molecular complexity index is 1160. The molecule has 0 heterocycles. The molecule has 0 radical (unpaired) electrons. The molecule has 0 aromatic heterocycles. The summed E-state index contributed by atoms with van der Waals surface area (Å²) >= 11 is 0. The molecule has 0 atom stereocenters. The van der Waals surface area contributed by atoms with Gasteiger partial charge >= 0.3 is 0 Å². The number of Topliss-reactive ketones (excluding diaryl/α,β-unsaturated/α-hetero) is 1. The second-order valence-electron chi connectivity index (χ2n) is 7.47. The Hall–Kier alpha value is -3.54. The molecule has 0 aliphatic rings. The quantitative estimate of drug-likeness (QED) is 0.110. The fourth-order valence-electron chi connectivity index (χ4n) is 3.12. The normalized spacial score (nSPS) is 11.6. The maximum absolute atomic E-state index is 13.8. The van der Waals surface area contributed by atoms with E-state index < -0.39 is 34.6 Å². The van der Waals surface area contributed by atoms with Gasteiger partial charge in [0.05, 0.1) is 5.56 Å². The Morgan fingerprint density at radius 2 is 1.03 bits per heavy atom.